The highest BCUT2D eigenvalue weighted by molar-refractivity contribution is 7.14. The average Bonchev–Trinajstić information content (AvgIpc) is 2.61. The highest BCUT2D eigenvalue weighted by Gasteiger charge is 1.97. The number of hydrogen-bond donors (Lipinski definition) is 2. The molecule has 2 aromatic rings. The molecule has 0 aliphatic heterocycles. The lowest BCUT2D eigenvalue weighted by Crippen LogP contribution is -1.93. The van der Waals surface area contributed by atoms with Gasteiger partial charge in [-0.2, -0.15) is 0 Å². The number of hydrogen-bond acceptors (Lipinski definition) is 3. The Bertz CT molecular complexity index is 382. The molecule has 3 N–H and O–H groups in total. The van der Waals surface area contributed by atoms with Crippen molar-refractivity contribution in [3.05, 3.63) is 41.8 Å². The van der Waals surface area contributed by atoms with Crippen LogP contribution in [-0.2, 0) is 0 Å². The van der Waals surface area contributed by atoms with Crippen LogP contribution in [0.5, 0.6) is 0 Å². The molecular weight excluding hydrogens is 180 g/mol. The summed E-state index contributed by atoms with van der Waals surface area (Å²) in [6, 6.07) is 11.8. The van der Waals surface area contributed by atoms with Crippen molar-refractivity contribution in [2.75, 3.05) is 11.1 Å². The average molecular weight is 190 g/mol. The van der Waals surface area contributed by atoms with Crippen molar-refractivity contribution >= 4 is 27.7 Å². The number of nitrogen functional groups attached to an aromatic ring is 1. The first-order valence-electron chi connectivity index (χ1n) is 4.01. The van der Waals surface area contributed by atoms with Crippen LogP contribution in [0.4, 0.5) is 16.4 Å². The van der Waals surface area contributed by atoms with Gasteiger partial charge in [0.05, 0.1) is 16.4 Å². The minimum Gasteiger partial charge on any atom is -0.397 e. The van der Waals surface area contributed by atoms with Gasteiger partial charge in [0.2, 0.25) is 0 Å². The lowest BCUT2D eigenvalue weighted by molar-refractivity contribution is 1.60. The van der Waals surface area contributed by atoms with Crippen LogP contribution < -0.4 is 11.1 Å². The maximum Gasteiger partial charge on any atom is 0.0927 e. The van der Waals surface area contributed by atoms with E-state index in [9.17, 15) is 0 Å². The van der Waals surface area contributed by atoms with Crippen molar-refractivity contribution in [1.82, 2.24) is 0 Å². The smallest absolute Gasteiger partial charge is 0.0927 e. The summed E-state index contributed by atoms with van der Waals surface area (Å²) in [5.41, 5.74) is 7.52. The van der Waals surface area contributed by atoms with Crippen molar-refractivity contribution in [3.63, 3.8) is 0 Å². The van der Waals surface area contributed by atoms with Crippen LogP contribution in [0.1, 0.15) is 0 Å². The lowest BCUT2D eigenvalue weighted by Gasteiger charge is -2.05. The van der Waals surface area contributed by atoms with E-state index in [0.717, 1.165) is 16.4 Å². The molecule has 1 aromatic heterocycles. The van der Waals surface area contributed by atoms with Crippen LogP contribution in [0.15, 0.2) is 41.8 Å². The third kappa shape index (κ3) is 1.81. The van der Waals surface area contributed by atoms with E-state index in [0.29, 0.717) is 0 Å². The molecule has 2 nitrogen and oxygen atoms in total. The zero-order valence-corrected chi connectivity index (χ0v) is 7.84. The van der Waals surface area contributed by atoms with Gasteiger partial charge in [-0.05, 0) is 29.6 Å². The molecule has 0 spiro atoms. The highest BCUT2D eigenvalue weighted by atomic mass is 32.1. The van der Waals surface area contributed by atoms with Gasteiger partial charge in [0.25, 0.3) is 0 Å². The van der Waals surface area contributed by atoms with Gasteiger partial charge < -0.3 is 11.1 Å². The molecule has 1 heterocycles. The Labute approximate surface area is 81.0 Å². The lowest BCUT2D eigenvalue weighted by atomic mass is 10.3. The Hall–Kier alpha value is -1.48. The van der Waals surface area contributed by atoms with E-state index in [-0.39, 0.29) is 0 Å². The molecule has 0 radical (unpaired) electrons. The molecule has 66 valence electrons. The zero-order valence-electron chi connectivity index (χ0n) is 7.03. The van der Waals surface area contributed by atoms with E-state index in [4.69, 9.17) is 5.73 Å². The van der Waals surface area contributed by atoms with Crippen LogP contribution in [0.25, 0.3) is 0 Å². The molecule has 0 atom stereocenters. The van der Waals surface area contributed by atoms with E-state index in [1.807, 2.05) is 41.8 Å². The first-order valence-corrected chi connectivity index (χ1v) is 4.89. The third-order valence-electron chi connectivity index (χ3n) is 1.74. The fraction of sp³-hybridized carbons (Fsp3) is 0. The second kappa shape index (κ2) is 3.49. The van der Waals surface area contributed by atoms with Crippen LogP contribution in [0, 0.1) is 0 Å². The Morgan fingerprint density at radius 1 is 1.08 bits per heavy atom. The standard InChI is InChI=1S/C10H10N2S/c11-8-4-1-2-5-9(8)12-10-6-3-7-13-10/h1-7,12H,11H2. The summed E-state index contributed by atoms with van der Waals surface area (Å²) >= 11 is 1.66. The first-order chi connectivity index (χ1) is 6.36. The number of para-hydroxylation sites is 2. The molecule has 0 aliphatic carbocycles. The minimum absolute atomic E-state index is 0.774. The van der Waals surface area contributed by atoms with Crippen LogP contribution >= 0.6 is 11.3 Å². The zero-order chi connectivity index (χ0) is 9.10. The number of anilines is 3. The molecule has 0 saturated heterocycles. The number of nitrogens with one attached hydrogen (secondary N) is 1. The van der Waals surface area contributed by atoms with Gasteiger partial charge in [-0.3, -0.25) is 0 Å². The minimum atomic E-state index is 0.774. The monoisotopic (exact) mass is 190 g/mol. The summed E-state index contributed by atoms with van der Waals surface area (Å²) in [5.74, 6) is 0. The SMILES string of the molecule is Nc1ccccc1Nc1cccs1. The molecule has 0 aliphatic rings. The van der Waals surface area contributed by atoms with Crippen molar-refractivity contribution in [3.8, 4) is 0 Å². The van der Waals surface area contributed by atoms with Crippen molar-refractivity contribution < 1.29 is 0 Å². The van der Waals surface area contributed by atoms with Crippen molar-refractivity contribution in [2.45, 2.75) is 0 Å². The Balaban J connectivity index is 2.24. The van der Waals surface area contributed by atoms with Gasteiger partial charge in [-0.25, -0.2) is 0 Å². The van der Waals surface area contributed by atoms with Crippen LogP contribution in [0.2, 0.25) is 0 Å². The molecule has 0 unspecified atom stereocenters. The van der Waals surface area contributed by atoms with Crippen molar-refractivity contribution in [1.29, 1.82) is 0 Å². The van der Waals surface area contributed by atoms with Crippen LogP contribution in [-0.4, -0.2) is 0 Å². The summed E-state index contributed by atoms with van der Waals surface area (Å²) in [6.45, 7) is 0. The van der Waals surface area contributed by atoms with E-state index >= 15 is 0 Å². The molecule has 0 bridgehead atoms. The summed E-state index contributed by atoms with van der Waals surface area (Å²) in [5, 5.41) is 6.38. The molecule has 0 saturated carbocycles. The number of rotatable bonds is 2. The van der Waals surface area contributed by atoms with E-state index in [1.165, 1.54) is 0 Å². The quantitative estimate of drug-likeness (QED) is 0.714. The maximum atomic E-state index is 5.78. The number of benzene rings is 1. The molecule has 13 heavy (non-hydrogen) atoms. The fourth-order valence-electron chi connectivity index (χ4n) is 1.09. The van der Waals surface area contributed by atoms with Gasteiger partial charge in [0, 0.05) is 0 Å². The van der Waals surface area contributed by atoms with E-state index in [2.05, 4.69) is 5.32 Å². The molecular formula is C10H10N2S. The molecule has 3 heteroatoms. The van der Waals surface area contributed by atoms with Crippen molar-refractivity contribution in [2.24, 2.45) is 0 Å². The normalized spacial score (nSPS) is 9.85. The highest BCUT2D eigenvalue weighted by Crippen LogP contribution is 2.25. The molecule has 1 aromatic carbocycles. The summed E-state index contributed by atoms with van der Waals surface area (Å²) in [4.78, 5) is 0. The van der Waals surface area contributed by atoms with Gasteiger partial charge >= 0.3 is 0 Å². The van der Waals surface area contributed by atoms with Gasteiger partial charge in [0.1, 0.15) is 0 Å². The predicted octanol–water partition coefficient (Wildman–Crippen LogP) is 3.07. The molecule has 0 amide bonds. The molecule has 2 rings (SSSR count). The van der Waals surface area contributed by atoms with Gasteiger partial charge in [0.15, 0.2) is 0 Å². The molecule has 0 fully saturated rings. The second-order valence-corrected chi connectivity index (χ2v) is 3.64. The summed E-state index contributed by atoms with van der Waals surface area (Å²) < 4.78 is 0. The first kappa shape index (κ1) is 8.13. The Kier molecular flexibility index (Phi) is 2.19. The fourth-order valence-corrected chi connectivity index (χ4v) is 1.72. The van der Waals surface area contributed by atoms with Crippen LogP contribution in [0.3, 0.4) is 0 Å². The van der Waals surface area contributed by atoms with E-state index < -0.39 is 0 Å². The number of nitrogens with two attached hydrogens (primary N) is 1. The number of thiophene rings is 1. The summed E-state index contributed by atoms with van der Waals surface area (Å²) in [7, 11) is 0. The maximum absolute atomic E-state index is 5.78. The second-order valence-electron chi connectivity index (χ2n) is 2.69. The largest absolute Gasteiger partial charge is 0.397 e. The van der Waals surface area contributed by atoms with Gasteiger partial charge in [-0.15, -0.1) is 11.3 Å². The van der Waals surface area contributed by atoms with E-state index in [1.54, 1.807) is 11.3 Å². The summed E-state index contributed by atoms with van der Waals surface area (Å²) in [6.07, 6.45) is 0. The Morgan fingerprint density at radius 3 is 2.62 bits per heavy atom. The Morgan fingerprint density at radius 2 is 1.92 bits per heavy atom. The predicted molar refractivity (Wildman–Crippen MR) is 58.5 cm³/mol. The topological polar surface area (TPSA) is 38.0 Å². The third-order valence-corrected chi connectivity index (χ3v) is 2.53. The van der Waals surface area contributed by atoms with Gasteiger partial charge in [-0.1, -0.05) is 12.1 Å².